The van der Waals surface area contributed by atoms with E-state index in [2.05, 4.69) is 37.7 Å². The number of carbonyl (C=O) groups is 1. The van der Waals surface area contributed by atoms with Gasteiger partial charge in [0, 0.05) is 19.6 Å². The Bertz CT molecular complexity index is 251. The van der Waals surface area contributed by atoms with Crippen LogP contribution in [0.1, 0.15) is 20.3 Å². The number of likely N-dealkylation sites (tertiary alicyclic amines) is 1. The van der Waals surface area contributed by atoms with Crippen molar-refractivity contribution in [2.45, 2.75) is 20.3 Å². The molecule has 16 heavy (non-hydrogen) atoms. The van der Waals surface area contributed by atoms with Crippen LogP contribution in [0.25, 0.3) is 0 Å². The van der Waals surface area contributed by atoms with E-state index >= 15 is 0 Å². The third kappa shape index (κ3) is 3.46. The average molecular weight is 228 g/mol. The topological polar surface area (TPSA) is 43.8 Å². The predicted octanol–water partition coefficient (Wildman–Crippen LogP) is 0.981. The van der Waals surface area contributed by atoms with Crippen LogP contribution in [-0.2, 0) is 4.79 Å². The quantitative estimate of drug-likeness (QED) is 0.779. The predicted molar refractivity (Wildman–Crippen MR) is 64.5 cm³/mol. The van der Waals surface area contributed by atoms with Crippen molar-refractivity contribution in [1.29, 1.82) is 0 Å². The molecule has 0 bridgehead atoms. The molecule has 0 amide bonds. The molecule has 1 heterocycles. The van der Waals surface area contributed by atoms with Crippen LogP contribution in [0.4, 0.5) is 0 Å². The van der Waals surface area contributed by atoms with E-state index in [1.165, 1.54) is 0 Å². The first-order valence-electron chi connectivity index (χ1n) is 5.93. The Hall–Kier alpha value is -0.610. The number of hydrogen-bond donors (Lipinski definition) is 1. The molecular weight excluding hydrogens is 204 g/mol. The molecule has 0 radical (unpaired) electrons. The molecule has 1 saturated heterocycles. The van der Waals surface area contributed by atoms with E-state index in [-0.39, 0.29) is 11.3 Å². The van der Waals surface area contributed by atoms with Gasteiger partial charge in [0.15, 0.2) is 0 Å². The number of rotatable bonds is 4. The number of hydrogen-bond acceptors (Lipinski definition) is 3. The molecule has 1 aliphatic heterocycles. The number of piperidine rings is 1. The molecule has 0 saturated carbocycles. The van der Waals surface area contributed by atoms with Crippen molar-refractivity contribution in [1.82, 2.24) is 9.80 Å². The third-order valence-electron chi connectivity index (χ3n) is 3.47. The van der Waals surface area contributed by atoms with E-state index in [0.29, 0.717) is 0 Å². The molecule has 0 aliphatic carbocycles. The molecular formula is C12H24N2O2. The minimum atomic E-state index is -0.641. The number of likely N-dealkylation sites (N-methyl/N-ethyl adjacent to an activating group) is 1. The van der Waals surface area contributed by atoms with Crippen molar-refractivity contribution in [2.24, 2.45) is 11.3 Å². The Balaban J connectivity index is 2.50. The minimum absolute atomic E-state index is 0.115. The molecule has 4 heteroatoms. The number of carboxylic acid groups (broad SMARTS) is 1. The van der Waals surface area contributed by atoms with Crippen molar-refractivity contribution in [2.75, 3.05) is 40.3 Å². The van der Waals surface area contributed by atoms with Gasteiger partial charge in [0.25, 0.3) is 0 Å². The number of aliphatic carboxylic acids is 1. The molecule has 1 N–H and O–H groups in total. The Morgan fingerprint density at radius 2 is 2.12 bits per heavy atom. The first-order valence-corrected chi connectivity index (χ1v) is 5.93. The van der Waals surface area contributed by atoms with Gasteiger partial charge in [0.1, 0.15) is 0 Å². The lowest BCUT2D eigenvalue weighted by Gasteiger charge is -2.42. The van der Waals surface area contributed by atoms with Gasteiger partial charge in [-0.25, -0.2) is 0 Å². The van der Waals surface area contributed by atoms with E-state index in [1.807, 2.05) is 0 Å². The number of carboxylic acids is 1. The van der Waals surface area contributed by atoms with Gasteiger partial charge >= 0.3 is 5.97 Å². The van der Waals surface area contributed by atoms with E-state index < -0.39 is 5.97 Å². The van der Waals surface area contributed by atoms with Crippen LogP contribution in [0.15, 0.2) is 0 Å². The van der Waals surface area contributed by atoms with Crippen LogP contribution in [0.5, 0.6) is 0 Å². The van der Waals surface area contributed by atoms with E-state index in [4.69, 9.17) is 5.11 Å². The fourth-order valence-electron chi connectivity index (χ4n) is 2.46. The van der Waals surface area contributed by atoms with Crippen LogP contribution in [-0.4, -0.2) is 61.2 Å². The van der Waals surface area contributed by atoms with Crippen molar-refractivity contribution in [3.05, 3.63) is 0 Å². The summed E-state index contributed by atoms with van der Waals surface area (Å²) in [4.78, 5) is 15.7. The molecule has 0 spiro atoms. The maximum absolute atomic E-state index is 11.1. The molecule has 0 aromatic heterocycles. The summed E-state index contributed by atoms with van der Waals surface area (Å²) >= 11 is 0. The molecule has 0 aromatic carbocycles. The first kappa shape index (κ1) is 13.5. The lowest BCUT2D eigenvalue weighted by Crippen LogP contribution is -2.49. The van der Waals surface area contributed by atoms with Gasteiger partial charge in [-0.15, -0.1) is 0 Å². The minimum Gasteiger partial charge on any atom is -0.481 e. The molecule has 0 aromatic rings. The second-order valence-corrected chi connectivity index (χ2v) is 5.75. The fraction of sp³-hybridized carbons (Fsp3) is 0.917. The van der Waals surface area contributed by atoms with Gasteiger partial charge in [-0.2, -0.15) is 0 Å². The summed E-state index contributed by atoms with van der Waals surface area (Å²) in [5.74, 6) is -0.833. The summed E-state index contributed by atoms with van der Waals surface area (Å²) in [5.41, 5.74) is -0.115. The Morgan fingerprint density at radius 1 is 1.50 bits per heavy atom. The summed E-state index contributed by atoms with van der Waals surface area (Å²) in [6.45, 7) is 7.99. The zero-order valence-corrected chi connectivity index (χ0v) is 10.9. The maximum Gasteiger partial charge on any atom is 0.307 e. The van der Waals surface area contributed by atoms with Gasteiger partial charge in [-0.05, 0) is 32.5 Å². The van der Waals surface area contributed by atoms with Crippen LogP contribution >= 0.6 is 0 Å². The van der Waals surface area contributed by atoms with Crippen LogP contribution in [0, 0.1) is 11.3 Å². The summed E-state index contributed by atoms with van der Waals surface area (Å²) < 4.78 is 0. The zero-order valence-electron chi connectivity index (χ0n) is 10.9. The standard InChI is InChI=1S/C12H24N2O2/c1-12(2)9-14(8-7-13(3)4)6-5-10(12)11(15)16/h10H,5-9H2,1-4H3,(H,15,16). The maximum atomic E-state index is 11.1. The highest BCUT2D eigenvalue weighted by Gasteiger charge is 2.39. The van der Waals surface area contributed by atoms with Crippen LogP contribution in [0.3, 0.4) is 0 Å². The normalized spacial score (nSPS) is 25.9. The van der Waals surface area contributed by atoms with Gasteiger partial charge in [0.2, 0.25) is 0 Å². The molecule has 1 unspecified atom stereocenters. The highest BCUT2D eigenvalue weighted by atomic mass is 16.4. The fourth-order valence-corrected chi connectivity index (χ4v) is 2.46. The van der Waals surface area contributed by atoms with E-state index in [0.717, 1.165) is 32.6 Å². The van der Waals surface area contributed by atoms with Crippen LogP contribution in [0.2, 0.25) is 0 Å². The van der Waals surface area contributed by atoms with Gasteiger partial charge in [-0.1, -0.05) is 13.8 Å². The molecule has 94 valence electrons. The Morgan fingerprint density at radius 3 is 2.56 bits per heavy atom. The van der Waals surface area contributed by atoms with Gasteiger partial charge in [-0.3, -0.25) is 4.79 Å². The van der Waals surface area contributed by atoms with Crippen molar-refractivity contribution >= 4 is 5.97 Å². The molecule has 1 aliphatic rings. The van der Waals surface area contributed by atoms with Gasteiger partial charge in [0.05, 0.1) is 5.92 Å². The molecule has 4 nitrogen and oxygen atoms in total. The highest BCUT2D eigenvalue weighted by Crippen LogP contribution is 2.34. The van der Waals surface area contributed by atoms with Crippen molar-refractivity contribution in [3.63, 3.8) is 0 Å². The number of nitrogens with zero attached hydrogens (tertiary/aromatic N) is 2. The summed E-state index contributed by atoms with van der Waals surface area (Å²) in [6.07, 6.45) is 0.774. The molecule has 1 atom stereocenters. The lowest BCUT2D eigenvalue weighted by atomic mass is 9.74. The van der Waals surface area contributed by atoms with Crippen LogP contribution < -0.4 is 0 Å². The zero-order chi connectivity index (χ0) is 12.3. The monoisotopic (exact) mass is 228 g/mol. The average Bonchev–Trinajstić information content (AvgIpc) is 2.12. The Kier molecular flexibility index (Phi) is 4.33. The third-order valence-corrected chi connectivity index (χ3v) is 3.47. The lowest BCUT2D eigenvalue weighted by molar-refractivity contribution is -0.149. The molecule has 1 fully saturated rings. The Labute approximate surface area is 98.2 Å². The first-order chi connectivity index (χ1) is 7.33. The summed E-state index contributed by atoms with van der Waals surface area (Å²) in [6, 6.07) is 0. The van der Waals surface area contributed by atoms with Crippen molar-refractivity contribution < 1.29 is 9.90 Å². The second kappa shape index (κ2) is 5.15. The molecule has 1 rings (SSSR count). The smallest absolute Gasteiger partial charge is 0.307 e. The largest absolute Gasteiger partial charge is 0.481 e. The summed E-state index contributed by atoms with van der Waals surface area (Å²) in [7, 11) is 4.13. The van der Waals surface area contributed by atoms with E-state index in [1.54, 1.807) is 0 Å². The van der Waals surface area contributed by atoms with Crippen molar-refractivity contribution in [3.8, 4) is 0 Å². The summed E-state index contributed by atoms with van der Waals surface area (Å²) in [5, 5.41) is 9.15. The SMILES string of the molecule is CN(C)CCN1CCC(C(=O)O)C(C)(C)C1. The van der Waals surface area contributed by atoms with Gasteiger partial charge < -0.3 is 14.9 Å². The second-order valence-electron chi connectivity index (χ2n) is 5.75. The van der Waals surface area contributed by atoms with E-state index in [9.17, 15) is 4.79 Å². The highest BCUT2D eigenvalue weighted by molar-refractivity contribution is 5.71.